The quantitative estimate of drug-likeness (QED) is 0.317. The number of benzene rings is 2. The number of ether oxygens (including phenoxy) is 3. The van der Waals surface area contributed by atoms with Crippen molar-refractivity contribution in [3.63, 3.8) is 0 Å². The Morgan fingerprint density at radius 1 is 1.17 bits per heavy atom. The van der Waals surface area contributed by atoms with Crippen LogP contribution in [-0.4, -0.2) is 66.3 Å². The van der Waals surface area contributed by atoms with Crippen LogP contribution in [0, 0.1) is 10.5 Å². The molecule has 2 saturated heterocycles. The average Bonchev–Trinajstić information content (AvgIpc) is 3.11. The fourth-order valence-corrected chi connectivity index (χ4v) is 5.49. The molecule has 2 aliphatic heterocycles. The molecule has 2 heterocycles. The minimum absolute atomic E-state index is 0.259. The first kappa shape index (κ1) is 26.5. The smallest absolute Gasteiger partial charge is 0.294 e. The van der Waals surface area contributed by atoms with Crippen LogP contribution in [0.4, 0.5) is 4.79 Å². The summed E-state index contributed by atoms with van der Waals surface area (Å²) in [7, 11) is 0. The molecule has 0 aromatic heterocycles. The van der Waals surface area contributed by atoms with Gasteiger partial charge in [0, 0.05) is 13.1 Å². The van der Waals surface area contributed by atoms with Crippen LogP contribution in [0.2, 0.25) is 0 Å². The number of carbonyl (C=O) groups is 3. The summed E-state index contributed by atoms with van der Waals surface area (Å²) in [5, 5.41) is -0.453. The maximum atomic E-state index is 13.0. The number of carbonyl (C=O) groups excluding carboxylic acids is 3. The van der Waals surface area contributed by atoms with Crippen molar-refractivity contribution in [1.29, 1.82) is 0 Å². The van der Waals surface area contributed by atoms with Crippen LogP contribution in [0.15, 0.2) is 41.3 Å². The summed E-state index contributed by atoms with van der Waals surface area (Å²) in [6.45, 7) is 6.33. The van der Waals surface area contributed by atoms with Gasteiger partial charge in [0.25, 0.3) is 11.1 Å². The van der Waals surface area contributed by atoms with Gasteiger partial charge in [-0.05, 0) is 77.5 Å². The summed E-state index contributed by atoms with van der Waals surface area (Å²) >= 11 is 3.01. The fourth-order valence-electron chi connectivity index (χ4n) is 3.87. The molecule has 0 bridgehead atoms. The summed E-state index contributed by atoms with van der Waals surface area (Å²) in [5.74, 6) is 0.454. The lowest BCUT2D eigenvalue weighted by atomic mass is 10.1. The molecule has 2 fully saturated rings. The molecule has 0 unspecified atom stereocenters. The summed E-state index contributed by atoms with van der Waals surface area (Å²) in [5.41, 5.74) is 2.92. The van der Waals surface area contributed by atoms with E-state index < -0.39 is 11.1 Å². The molecule has 0 radical (unpaired) electrons. The highest BCUT2D eigenvalue weighted by atomic mass is 127. The molecule has 190 valence electrons. The van der Waals surface area contributed by atoms with E-state index in [1.54, 1.807) is 17.0 Å². The van der Waals surface area contributed by atoms with E-state index in [0.29, 0.717) is 56.6 Å². The third-order valence-electron chi connectivity index (χ3n) is 5.63. The van der Waals surface area contributed by atoms with Crippen molar-refractivity contribution in [2.24, 2.45) is 0 Å². The first-order valence-electron chi connectivity index (χ1n) is 11.6. The Labute approximate surface area is 228 Å². The van der Waals surface area contributed by atoms with Crippen LogP contribution >= 0.6 is 34.4 Å². The zero-order valence-corrected chi connectivity index (χ0v) is 23.1. The highest BCUT2D eigenvalue weighted by molar-refractivity contribution is 14.1. The van der Waals surface area contributed by atoms with E-state index in [9.17, 15) is 14.4 Å². The van der Waals surface area contributed by atoms with Gasteiger partial charge < -0.3 is 19.1 Å². The Bertz CT molecular complexity index is 1190. The number of amides is 3. The molecule has 2 aromatic rings. The van der Waals surface area contributed by atoms with E-state index in [0.717, 1.165) is 31.4 Å². The zero-order chi connectivity index (χ0) is 25.7. The second-order valence-electron chi connectivity index (χ2n) is 8.30. The van der Waals surface area contributed by atoms with Gasteiger partial charge >= 0.3 is 0 Å². The minimum Gasteiger partial charge on any atom is -0.490 e. The Morgan fingerprint density at radius 3 is 2.67 bits per heavy atom. The van der Waals surface area contributed by atoms with E-state index in [1.165, 1.54) is 0 Å². The summed E-state index contributed by atoms with van der Waals surface area (Å²) < 4.78 is 18.0. The molecule has 8 nitrogen and oxygen atoms in total. The molecule has 3 amide bonds. The molecule has 0 spiro atoms. The maximum absolute atomic E-state index is 13.0. The van der Waals surface area contributed by atoms with Gasteiger partial charge in [0.2, 0.25) is 5.91 Å². The third kappa shape index (κ3) is 6.40. The Hall–Kier alpha value is -2.57. The standard InChI is InChI=1S/C26H27IN2O6S/c1-3-34-21-13-19(12-20(27)24(21)35-16-18-6-4-5-17(2)11-18)14-22-25(31)29(26(32)36-22)15-23(30)28-7-9-33-10-8-28/h4-6,11-14H,3,7-10,15-16H2,1-2H3/b22-14+. The predicted molar refractivity (Wildman–Crippen MR) is 146 cm³/mol. The van der Waals surface area contributed by atoms with Gasteiger partial charge in [-0.2, -0.15) is 0 Å². The minimum atomic E-state index is -0.473. The van der Waals surface area contributed by atoms with Crippen LogP contribution < -0.4 is 9.47 Å². The number of rotatable bonds is 8. The monoisotopic (exact) mass is 622 g/mol. The Kier molecular flexibility index (Phi) is 8.91. The Balaban J connectivity index is 1.50. The summed E-state index contributed by atoms with van der Waals surface area (Å²) in [6, 6.07) is 11.8. The molecule has 4 rings (SSSR count). The van der Waals surface area contributed by atoms with Crippen LogP contribution in [0.1, 0.15) is 23.6 Å². The van der Waals surface area contributed by atoms with Crippen molar-refractivity contribution in [1.82, 2.24) is 9.80 Å². The van der Waals surface area contributed by atoms with E-state index in [4.69, 9.17) is 14.2 Å². The first-order valence-corrected chi connectivity index (χ1v) is 13.5. The molecular weight excluding hydrogens is 595 g/mol. The largest absolute Gasteiger partial charge is 0.490 e. The maximum Gasteiger partial charge on any atom is 0.294 e. The number of nitrogens with zero attached hydrogens (tertiary/aromatic N) is 2. The van der Waals surface area contributed by atoms with E-state index in [-0.39, 0.29) is 17.4 Å². The van der Waals surface area contributed by atoms with Crippen molar-refractivity contribution in [3.05, 3.63) is 61.6 Å². The van der Waals surface area contributed by atoms with Crippen molar-refractivity contribution >= 4 is 57.5 Å². The second-order valence-corrected chi connectivity index (χ2v) is 10.5. The second kappa shape index (κ2) is 12.1. The van der Waals surface area contributed by atoms with E-state index in [2.05, 4.69) is 28.7 Å². The molecule has 0 aliphatic carbocycles. The Morgan fingerprint density at radius 2 is 1.94 bits per heavy atom. The molecule has 2 aliphatic rings. The lowest BCUT2D eigenvalue weighted by Crippen LogP contribution is -2.46. The van der Waals surface area contributed by atoms with Gasteiger partial charge in [-0.3, -0.25) is 19.3 Å². The van der Waals surface area contributed by atoms with Gasteiger partial charge in [0.1, 0.15) is 13.2 Å². The van der Waals surface area contributed by atoms with Crippen LogP contribution in [0.5, 0.6) is 11.5 Å². The number of thioether (sulfide) groups is 1. The van der Waals surface area contributed by atoms with E-state index in [1.807, 2.05) is 38.1 Å². The normalized spacial score (nSPS) is 17.1. The molecular formula is C26H27IN2O6S. The number of hydrogen-bond acceptors (Lipinski definition) is 7. The third-order valence-corrected chi connectivity index (χ3v) is 7.33. The number of imide groups is 1. The number of morpholine rings is 1. The molecule has 36 heavy (non-hydrogen) atoms. The topological polar surface area (TPSA) is 85.4 Å². The van der Waals surface area contributed by atoms with E-state index >= 15 is 0 Å². The lowest BCUT2D eigenvalue weighted by Gasteiger charge is -2.28. The van der Waals surface area contributed by atoms with Gasteiger partial charge in [0.15, 0.2) is 11.5 Å². The number of aryl methyl sites for hydroxylation is 1. The summed E-state index contributed by atoms with van der Waals surface area (Å²) in [4.78, 5) is 40.9. The first-order chi connectivity index (χ1) is 17.4. The lowest BCUT2D eigenvalue weighted by molar-refractivity contribution is -0.139. The predicted octanol–water partition coefficient (Wildman–Crippen LogP) is 4.47. The number of halogens is 1. The number of hydrogen-bond donors (Lipinski definition) is 0. The molecule has 0 atom stereocenters. The zero-order valence-electron chi connectivity index (χ0n) is 20.1. The fraction of sp³-hybridized carbons (Fsp3) is 0.346. The summed E-state index contributed by atoms with van der Waals surface area (Å²) in [6.07, 6.45) is 1.65. The molecule has 2 aromatic carbocycles. The van der Waals surface area contributed by atoms with Crippen molar-refractivity contribution in [3.8, 4) is 11.5 Å². The molecule has 0 N–H and O–H groups in total. The van der Waals surface area contributed by atoms with Crippen LogP contribution in [0.25, 0.3) is 6.08 Å². The van der Waals surface area contributed by atoms with Gasteiger partial charge in [-0.1, -0.05) is 29.8 Å². The van der Waals surface area contributed by atoms with Crippen molar-refractivity contribution in [2.45, 2.75) is 20.5 Å². The van der Waals surface area contributed by atoms with Crippen LogP contribution in [-0.2, 0) is 20.9 Å². The van der Waals surface area contributed by atoms with Gasteiger partial charge in [0.05, 0.1) is 28.3 Å². The highest BCUT2D eigenvalue weighted by Gasteiger charge is 2.37. The van der Waals surface area contributed by atoms with Gasteiger partial charge in [-0.25, -0.2) is 0 Å². The molecule has 0 saturated carbocycles. The van der Waals surface area contributed by atoms with Gasteiger partial charge in [-0.15, -0.1) is 0 Å². The van der Waals surface area contributed by atoms with Crippen molar-refractivity contribution < 1.29 is 28.6 Å². The highest BCUT2D eigenvalue weighted by Crippen LogP contribution is 2.38. The SMILES string of the molecule is CCOc1cc(/C=C2/SC(=O)N(CC(=O)N3CCOCC3)C2=O)cc(I)c1OCc1cccc(C)c1. The average molecular weight is 622 g/mol. The van der Waals surface area contributed by atoms with Crippen LogP contribution in [0.3, 0.4) is 0 Å². The van der Waals surface area contributed by atoms with Crippen molar-refractivity contribution in [2.75, 3.05) is 39.5 Å². The molecule has 10 heteroatoms.